The molecule has 0 bridgehead atoms. The number of hydrogen-bond donors (Lipinski definition) is 0. The molecule has 6 nitrogen and oxygen atoms in total. The molecule has 0 saturated carbocycles. The highest BCUT2D eigenvalue weighted by molar-refractivity contribution is 6.20. The lowest BCUT2D eigenvalue weighted by Crippen LogP contribution is -2.23. The number of ether oxygens (including phenoxy) is 4. The molecule has 0 aromatic heterocycles. The summed E-state index contributed by atoms with van der Waals surface area (Å²) in [4.78, 5) is 0. The van der Waals surface area contributed by atoms with Crippen molar-refractivity contribution in [2.75, 3.05) is 13.2 Å². The molecule has 2 aliphatic heterocycles. The molecular weight excluding hydrogens is 443 g/mol. The van der Waals surface area contributed by atoms with Crippen molar-refractivity contribution in [1.82, 2.24) is 0 Å². The van der Waals surface area contributed by atoms with Crippen LogP contribution in [0.15, 0.2) is 36.4 Å². The van der Waals surface area contributed by atoms with Gasteiger partial charge in [0.25, 0.3) is 0 Å². The first-order chi connectivity index (χ1) is 17.3. The molecule has 4 aliphatic rings. The van der Waals surface area contributed by atoms with Crippen LogP contribution in [0.1, 0.15) is 85.8 Å². The summed E-state index contributed by atoms with van der Waals surface area (Å²) in [5.41, 5.74) is 4.81. The van der Waals surface area contributed by atoms with E-state index in [0.29, 0.717) is 0 Å². The summed E-state index contributed by atoms with van der Waals surface area (Å²) in [5, 5.41) is 0. The molecule has 0 N–H and O–H groups in total. The highest BCUT2D eigenvalue weighted by atomic mass is 16.7. The Morgan fingerprint density at radius 3 is 1.60 bits per heavy atom. The number of fused-ring (bicyclic) bond motifs is 2. The number of benzene rings is 2. The summed E-state index contributed by atoms with van der Waals surface area (Å²) in [5.74, 6) is 1.67. The van der Waals surface area contributed by atoms with Gasteiger partial charge in [-0.3, -0.25) is 0 Å². The van der Waals surface area contributed by atoms with E-state index in [2.05, 4.69) is 12.1 Å². The lowest BCUT2D eigenvalue weighted by atomic mass is 10.1. The third-order valence-corrected chi connectivity index (χ3v) is 7.60. The molecule has 2 saturated heterocycles. The maximum absolute atomic E-state index is 6.28. The van der Waals surface area contributed by atoms with Gasteiger partial charge in [-0.15, -0.1) is 0 Å². The molecule has 185 valence electrons. The number of rotatable bonds is 8. The predicted octanol–water partition coefficient (Wildman–Crippen LogP) is 5.74. The quantitative estimate of drug-likeness (QED) is 0.452. The van der Waals surface area contributed by atoms with E-state index in [1.54, 1.807) is 0 Å². The van der Waals surface area contributed by atoms with Gasteiger partial charge >= 0.3 is 7.69 Å². The van der Waals surface area contributed by atoms with Crippen LogP contribution in [0.3, 0.4) is 0 Å². The van der Waals surface area contributed by atoms with Crippen molar-refractivity contribution >= 4 is 7.69 Å². The highest BCUT2D eigenvalue weighted by Gasteiger charge is 2.31. The van der Waals surface area contributed by atoms with Crippen LogP contribution in [-0.2, 0) is 31.8 Å². The average Bonchev–Trinajstić information content (AvgIpc) is 3.51. The molecule has 35 heavy (non-hydrogen) atoms. The zero-order valence-electron chi connectivity index (χ0n) is 20.3. The van der Waals surface area contributed by atoms with Gasteiger partial charge in [0.15, 0.2) is 12.6 Å². The van der Waals surface area contributed by atoms with Gasteiger partial charge in [-0.05, 0) is 98.6 Å². The van der Waals surface area contributed by atoms with E-state index in [0.717, 1.165) is 76.1 Å². The minimum Gasteiger partial charge on any atom is -0.526 e. The second-order valence-electron chi connectivity index (χ2n) is 9.90. The summed E-state index contributed by atoms with van der Waals surface area (Å²) in [6, 6.07) is 12.3. The lowest BCUT2D eigenvalue weighted by Gasteiger charge is -2.26. The second-order valence-corrected chi connectivity index (χ2v) is 9.90. The monoisotopic (exact) mass is 477 g/mol. The summed E-state index contributed by atoms with van der Waals surface area (Å²) < 4.78 is 36.2. The van der Waals surface area contributed by atoms with Crippen LogP contribution < -0.4 is 9.31 Å². The van der Waals surface area contributed by atoms with Gasteiger partial charge in [0.05, 0.1) is 12.2 Å². The standard InChI is InChI=1S/C28H34BO6/c1-3-17-30-27(11-1)32-23-15-13-21-19(23)7-5-9-25(21)34-29-35-26-10-6-8-20-22(26)14-16-24(20)33-28-12-2-4-18-31-28/h5-10,23-24,27-28H,1-4,11-18H2/t23-,24-,27?,28?/m0/s1. The maximum atomic E-state index is 6.28. The Morgan fingerprint density at radius 2 is 1.14 bits per heavy atom. The van der Waals surface area contributed by atoms with Crippen LogP contribution in [0.2, 0.25) is 0 Å². The molecule has 2 fully saturated rings. The largest absolute Gasteiger partial charge is 0.658 e. The normalized spacial score (nSPS) is 27.8. The lowest BCUT2D eigenvalue weighted by molar-refractivity contribution is -0.189. The fourth-order valence-electron chi connectivity index (χ4n) is 5.80. The second kappa shape index (κ2) is 10.9. The zero-order chi connectivity index (χ0) is 23.5. The van der Waals surface area contributed by atoms with Crippen LogP contribution in [0.5, 0.6) is 11.5 Å². The Labute approximate surface area is 208 Å². The van der Waals surface area contributed by atoms with Crippen molar-refractivity contribution in [3.63, 3.8) is 0 Å². The molecule has 2 aliphatic carbocycles. The van der Waals surface area contributed by atoms with Gasteiger partial charge in [0, 0.05) is 13.2 Å². The van der Waals surface area contributed by atoms with E-state index in [1.807, 2.05) is 24.3 Å². The van der Waals surface area contributed by atoms with Crippen LogP contribution in [0, 0.1) is 0 Å². The summed E-state index contributed by atoms with van der Waals surface area (Å²) in [6.07, 6.45) is 10.3. The van der Waals surface area contributed by atoms with E-state index in [4.69, 9.17) is 28.3 Å². The van der Waals surface area contributed by atoms with Crippen molar-refractivity contribution in [3.8, 4) is 11.5 Å². The molecule has 2 aromatic carbocycles. The highest BCUT2D eigenvalue weighted by Crippen LogP contribution is 2.42. The van der Waals surface area contributed by atoms with E-state index in [-0.39, 0.29) is 24.8 Å². The van der Waals surface area contributed by atoms with Gasteiger partial charge in [0.2, 0.25) is 0 Å². The molecule has 4 atom stereocenters. The molecule has 0 spiro atoms. The Kier molecular flexibility index (Phi) is 7.28. The van der Waals surface area contributed by atoms with Crippen molar-refractivity contribution in [1.29, 1.82) is 0 Å². The van der Waals surface area contributed by atoms with Crippen molar-refractivity contribution in [3.05, 3.63) is 58.7 Å². The average molecular weight is 477 g/mol. The van der Waals surface area contributed by atoms with Gasteiger partial charge in [-0.25, -0.2) is 0 Å². The minimum absolute atomic E-state index is 0.0695. The smallest absolute Gasteiger partial charge is 0.526 e. The molecule has 2 heterocycles. The first kappa shape index (κ1) is 23.3. The first-order valence-electron chi connectivity index (χ1n) is 13.3. The van der Waals surface area contributed by atoms with Crippen LogP contribution in [0.4, 0.5) is 0 Å². The summed E-state index contributed by atoms with van der Waals surface area (Å²) in [6.45, 7) is 1.59. The molecule has 0 amide bonds. The van der Waals surface area contributed by atoms with Crippen molar-refractivity contribution in [2.45, 2.75) is 89.0 Å². The summed E-state index contributed by atoms with van der Waals surface area (Å²) >= 11 is 0. The van der Waals surface area contributed by atoms with Crippen molar-refractivity contribution < 1.29 is 28.3 Å². The molecule has 6 rings (SSSR count). The fourth-order valence-corrected chi connectivity index (χ4v) is 5.80. The topological polar surface area (TPSA) is 55.4 Å². The van der Waals surface area contributed by atoms with E-state index < -0.39 is 0 Å². The van der Waals surface area contributed by atoms with Gasteiger partial charge in [0.1, 0.15) is 11.5 Å². The van der Waals surface area contributed by atoms with E-state index >= 15 is 0 Å². The Balaban J connectivity index is 1.07. The third kappa shape index (κ3) is 5.24. The van der Waals surface area contributed by atoms with Crippen LogP contribution in [-0.4, -0.2) is 33.5 Å². The molecule has 2 unspecified atom stereocenters. The van der Waals surface area contributed by atoms with E-state index in [1.165, 1.54) is 42.8 Å². The summed E-state index contributed by atoms with van der Waals surface area (Å²) in [7, 11) is 1.46. The minimum atomic E-state index is -0.0863. The van der Waals surface area contributed by atoms with E-state index in [9.17, 15) is 0 Å². The van der Waals surface area contributed by atoms with Crippen LogP contribution >= 0.6 is 0 Å². The molecule has 7 heteroatoms. The van der Waals surface area contributed by atoms with Gasteiger partial charge in [-0.1, -0.05) is 24.3 Å². The predicted molar refractivity (Wildman–Crippen MR) is 131 cm³/mol. The third-order valence-electron chi connectivity index (χ3n) is 7.60. The zero-order valence-corrected chi connectivity index (χ0v) is 20.3. The molecular formula is C28H34BO6. The SMILES string of the molecule is [B](Oc1cccc2c1CC[C@@H]2OC1CCCCO1)Oc1cccc2c1CC[C@@H]2OC1CCCCO1. The Hall–Kier alpha value is -2.06. The van der Waals surface area contributed by atoms with Gasteiger partial charge < -0.3 is 28.3 Å². The van der Waals surface area contributed by atoms with Crippen LogP contribution in [0.25, 0.3) is 0 Å². The maximum Gasteiger partial charge on any atom is 0.658 e. The number of hydrogen-bond acceptors (Lipinski definition) is 6. The van der Waals surface area contributed by atoms with Gasteiger partial charge in [-0.2, -0.15) is 0 Å². The molecule has 1 radical (unpaired) electrons. The van der Waals surface area contributed by atoms with Crippen molar-refractivity contribution in [2.24, 2.45) is 0 Å². The molecule has 2 aromatic rings. The fraction of sp³-hybridized carbons (Fsp3) is 0.571. The Morgan fingerprint density at radius 1 is 0.629 bits per heavy atom. The first-order valence-corrected chi connectivity index (χ1v) is 13.3. The Bertz CT molecular complexity index is 921.